The van der Waals surface area contributed by atoms with Gasteiger partial charge in [-0.3, -0.25) is 24.4 Å². The van der Waals surface area contributed by atoms with Crippen LogP contribution < -0.4 is 15.4 Å². The van der Waals surface area contributed by atoms with Crippen LogP contribution in [-0.2, 0) is 22.5 Å². The van der Waals surface area contributed by atoms with Gasteiger partial charge in [0, 0.05) is 36.5 Å². The predicted octanol–water partition coefficient (Wildman–Crippen LogP) is 4.96. The zero-order valence-electron chi connectivity index (χ0n) is 27.3. The molecule has 264 valence electrons. The van der Waals surface area contributed by atoms with Gasteiger partial charge in [-0.25, -0.2) is 18.4 Å². The Balaban J connectivity index is 1.32. The van der Waals surface area contributed by atoms with Gasteiger partial charge in [0.25, 0.3) is 11.8 Å². The minimum Gasteiger partial charge on any atom is -0.482 e. The number of primary amides is 1. The summed E-state index contributed by atoms with van der Waals surface area (Å²) in [4.78, 5) is 38.0. The van der Waals surface area contributed by atoms with Crippen LogP contribution in [0.5, 0.6) is 5.75 Å². The minimum atomic E-state index is -4.52. The molecule has 50 heavy (non-hydrogen) atoms. The van der Waals surface area contributed by atoms with Crippen molar-refractivity contribution in [2.45, 2.75) is 57.4 Å². The summed E-state index contributed by atoms with van der Waals surface area (Å²) in [5.41, 5.74) is 6.52. The number of piperidine rings is 1. The van der Waals surface area contributed by atoms with Gasteiger partial charge in [0.15, 0.2) is 12.3 Å². The summed E-state index contributed by atoms with van der Waals surface area (Å²) in [6.45, 7) is 6.34. The van der Waals surface area contributed by atoms with Crippen LogP contribution in [0.1, 0.15) is 54.5 Å². The summed E-state index contributed by atoms with van der Waals surface area (Å²) in [5, 5.41) is 5.09. The molecule has 2 amide bonds. The van der Waals surface area contributed by atoms with Crippen LogP contribution in [-0.4, -0.2) is 81.1 Å². The van der Waals surface area contributed by atoms with Crippen molar-refractivity contribution >= 4 is 28.5 Å². The largest absolute Gasteiger partial charge is 0.482 e. The summed E-state index contributed by atoms with van der Waals surface area (Å²) < 4.78 is 81.5. The Bertz CT molecular complexity index is 2000. The smallest absolute Gasteiger partial charge is 0.389 e. The third-order valence-corrected chi connectivity index (χ3v) is 9.86. The molecule has 16 heteroatoms. The number of nitrogens with two attached hydrogens (primary N) is 1. The van der Waals surface area contributed by atoms with Crippen molar-refractivity contribution in [3.05, 3.63) is 65.2 Å². The fraction of sp³-hybridized carbons (Fsp3) is 0.441. The van der Waals surface area contributed by atoms with Gasteiger partial charge >= 0.3 is 6.18 Å². The van der Waals surface area contributed by atoms with Crippen LogP contribution in [0.3, 0.4) is 0 Å². The first kappa shape index (κ1) is 33.8. The van der Waals surface area contributed by atoms with E-state index in [2.05, 4.69) is 33.8 Å². The number of amides is 2. The van der Waals surface area contributed by atoms with E-state index in [1.807, 2.05) is 0 Å². The Morgan fingerprint density at radius 1 is 1.14 bits per heavy atom. The second-order valence-corrected chi connectivity index (χ2v) is 13.4. The number of likely N-dealkylation sites (tertiary alicyclic amines) is 1. The summed E-state index contributed by atoms with van der Waals surface area (Å²) in [6.07, 6.45) is -3.26. The van der Waals surface area contributed by atoms with Crippen molar-refractivity contribution in [3.8, 4) is 16.9 Å². The Hall–Kier alpha value is -4.70. The topological polar surface area (TPSA) is 129 Å². The average Bonchev–Trinajstić information content (AvgIpc) is 3.46. The molecule has 0 saturated carbocycles. The number of hydrogen-bond acceptors (Lipinski definition) is 8. The molecule has 3 aliphatic rings. The molecular weight excluding hydrogens is 665 g/mol. The first-order valence-corrected chi connectivity index (χ1v) is 16.2. The fourth-order valence-electron chi connectivity index (χ4n) is 7.16. The highest BCUT2D eigenvalue weighted by atomic mass is 19.4. The van der Waals surface area contributed by atoms with Crippen LogP contribution in [0.15, 0.2) is 36.7 Å². The molecule has 1 aromatic carbocycles. The number of fused-ring (bicyclic) bond motifs is 2. The first-order chi connectivity index (χ1) is 23.7. The van der Waals surface area contributed by atoms with E-state index in [0.29, 0.717) is 42.3 Å². The highest BCUT2D eigenvalue weighted by molar-refractivity contribution is 6.09. The molecule has 3 aliphatic heterocycles. The number of carbonyl (C=O) groups excluding carboxylic acids is 2. The maximum atomic E-state index is 14.5. The van der Waals surface area contributed by atoms with Crippen LogP contribution in [0.2, 0.25) is 0 Å². The van der Waals surface area contributed by atoms with Crippen molar-refractivity contribution in [1.82, 2.24) is 24.6 Å². The van der Waals surface area contributed by atoms with E-state index in [1.165, 1.54) is 23.2 Å². The number of nitrogens with zero attached hydrogens (tertiary/aromatic N) is 6. The standard InChI is InChI=1S/C34H34F5N7O4/c1-18-13-44(33(2)16-49-17-33)8-6-25(18)46-32-21(12-42-46)29(30(31(40)48)23(43-32)5-7-34(37,38)39)19-3-4-26-27(9-19)50-15-28(47)45(26)14-24-22(36)10-20(35)11-41-24/h3-4,9-12,18,25H,5-8,13-17H2,1-2H3,(H2,40,48)/t18-,25-/m1/s1. The van der Waals surface area contributed by atoms with E-state index in [4.69, 9.17) is 15.2 Å². The highest BCUT2D eigenvalue weighted by Crippen LogP contribution is 2.42. The Morgan fingerprint density at radius 3 is 2.58 bits per heavy atom. The van der Waals surface area contributed by atoms with Gasteiger partial charge < -0.3 is 15.2 Å². The molecule has 2 fully saturated rings. The zero-order valence-corrected chi connectivity index (χ0v) is 27.3. The zero-order chi connectivity index (χ0) is 35.5. The minimum absolute atomic E-state index is 0.0452. The molecule has 11 nitrogen and oxygen atoms in total. The lowest BCUT2D eigenvalue weighted by molar-refractivity contribution is -0.143. The lowest BCUT2D eigenvalue weighted by Gasteiger charge is -2.51. The lowest BCUT2D eigenvalue weighted by Crippen LogP contribution is -2.63. The van der Waals surface area contributed by atoms with Crippen molar-refractivity contribution in [2.75, 3.05) is 37.8 Å². The summed E-state index contributed by atoms with van der Waals surface area (Å²) >= 11 is 0. The second-order valence-electron chi connectivity index (χ2n) is 13.4. The van der Waals surface area contributed by atoms with E-state index < -0.39 is 49.1 Å². The SMILES string of the molecule is C[C@@H]1CN(C2(C)COC2)CC[C@H]1n1ncc2c(-c3ccc4c(c3)OCC(=O)N4Cc3ncc(F)cc3F)c(C(N)=O)c(CCC(F)(F)F)nc21. The number of anilines is 1. The third kappa shape index (κ3) is 6.14. The first-order valence-electron chi connectivity index (χ1n) is 16.2. The molecule has 0 spiro atoms. The van der Waals surface area contributed by atoms with Gasteiger partial charge in [-0.2, -0.15) is 18.3 Å². The predicted molar refractivity (Wildman–Crippen MR) is 170 cm³/mol. The molecule has 0 radical (unpaired) electrons. The van der Waals surface area contributed by atoms with E-state index in [1.54, 1.807) is 10.7 Å². The second kappa shape index (κ2) is 12.6. The Labute approximate surface area is 283 Å². The van der Waals surface area contributed by atoms with E-state index in [-0.39, 0.29) is 58.0 Å². The molecule has 0 bridgehead atoms. The maximum Gasteiger partial charge on any atom is 0.389 e. The molecule has 2 N–H and O–H groups in total. The van der Waals surface area contributed by atoms with Gasteiger partial charge in [-0.15, -0.1) is 0 Å². The normalized spacial score (nSPS) is 20.8. The van der Waals surface area contributed by atoms with Crippen molar-refractivity contribution in [2.24, 2.45) is 11.7 Å². The van der Waals surface area contributed by atoms with Gasteiger partial charge in [-0.05, 0) is 43.4 Å². The number of alkyl halides is 3. The van der Waals surface area contributed by atoms with Crippen molar-refractivity contribution in [1.29, 1.82) is 0 Å². The summed E-state index contributed by atoms with van der Waals surface area (Å²) in [7, 11) is 0. The van der Waals surface area contributed by atoms with Crippen molar-refractivity contribution in [3.63, 3.8) is 0 Å². The molecule has 7 rings (SSSR count). The fourth-order valence-corrected chi connectivity index (χ4v) is 7.16. The number of aromatic nitrogens is 4. The molecule has 0 aliphatic carbocycles. The molecule has 0 unspecified atom stereocenters. The molecule has 2 saturated heterocycles. The van der Waals surface area contributed by atoms with E-state index >= 15 is 0 Å². The van der Waals surface area contributed by atoms with Gasteiger partial charge in [0.05, 0.1) is 66.4 Å². The number of carbonyl (C=O) groups is 2. The molecule has 6 heterocycles. The number of rotatable bonds is 8. The monoisotopic (exact) mass is 699 g/mol. The maximum absolute atomic E-state index is 14.5. The van der Waals surface area contributed by atoms with Gasteiger partial charge in [0.2, 0.25) is 0 Å². The molecular formula is C34H34F5N7O4. The number of ether oxygens (including phenoxy) is 2. The van der Waals surface area contributed by atoms with Crippen LogP contribution in [0.25, 0.3) is 22.2 Å². The highest BCUT2D eigenvalue weighted by Gasteiger charge is 2.43. The van der Waals surface area contributed by atoms with Crippen LogP contribution in [0.4, 0.5) is 27.6 Å². The summed E-state index contributed by atoms with van der Waals surface area (Å²) in [5.74, 6) is -2.98. The quantitative estimate of drug-likeness (QED) is 0.256. The molecule has 2 atom stereocenters. The average molecular weight is 700 g/mol. The molecule has 4 aromatic rings. The number of aryl methyl sites for hydroxylation is 1. The Kier molecular flexibility index (Phi) is 8.49. The van der Waals surface area contributed by atoms with Gasteiger partial charge in [-0.1, -0.05) is 13.0 Å². The number of benzene rings is 1. The Morgan fingerprint density at radius 2 is 1.92 bits per heavy atom. The molecule has 3 aromatic heterocycles. The van der Waals surface area contributed by atoms with Crippen molar-refractivity contribution < 1.29 is 41.0 Å². The summed E-state index contributed by atoms with van der Waals surface area (Å²) in [6, 6.07) is 5.16. The van der Waals surface area contributed by atoms with Gasteiger partial charge in [0.1, 0.15) is 17.4 Å². The van der Waals surface area contributed by atoms with E-state index in [9.17, 15) is 31.5 Å². The third-order valence-electron chi connectivity index (χ3n) is 9.86. The number of pyridine rings is 2. The van der Waals surface area contributed by atoms with E-state index in [0.717, 1.165) is 19.3 Å². The number of halogens is 5. The van der Waals surface area contributed by atoms with Crippen LogP contribution >= 0.6 is 0 Å². The number of hydrogen-bond donors (Lipinski definition) is 1. The lowest BCUT2D eigenvalue weighted by atomic mass is 9.88. The van der Waals surface area contributed by atoms with Crippen LogP contribution in [0, 0.1) is 17.6 Å².